The lowest BCUT2D eigenvalue weighted by molar-refractivity contribution is 0.598. The lowest BCUT2D eigenvalue weighted by Crippen LogP contribution is -2.22. The van der Waals surface area contributed by atoms with Crippen LogP contribution in [-0.2, 0) is 10.0 Å². The molecule has 0 amide bonds. The van der Waals surface area contributed by atoms with Crippen molar-refractivity contribution in [2.24, 2.45) is 0 Å². The van der Waals surface area contributed by atoms with Crippen LogP contribution in [0.3, 0.4) is 0 Å². The van der Waals surface area contributed by atoms with Gasteiger partial charge in [-0.15, -0.1) is 0 Å². The Morgan fingerprint density at radius 3 is 2.55 bits per heavy atom. The molecule has 0 saturated heterocycles. The third kappa shape index (κ3) is 2.90. The highest BCUT2D eigenvalue weighted by Crippen LogP contribution is 2.18. The second kappa shape index (κ2) is 5.49. The summed E-state index contributed by atoms with van der Waals surface area (Å²) in [5.41, 5.74) is -0.909. The summed E-state index contributed by atoms with van der Waals surface area (Å²) < 4.78 is 26.1. The van der Waals surface area contributed by atoms with E-state index in [0.29, 0.717) is 6.42 Å². The van der Waals surface area contributed by atoms with Gasteiger partial charge < -0.3 is 0 Å². The first kappa shape index (κ1) is 14.3. The number of nitrogens with one attached hydrogen (secondary N) is 3. The van der Waals surface area contributed by atoms with E-state index in [1.165, 1.54) is 18.2 Å². The van der Waals surface area contributed by atoms with Crippen LogP contribution in [-0.4, -0.2) is 24.4 Å². The predicted molar refractivity (Wildman–Crippen MR) is 77.5 cm³/mol. The molecular weight excluding hydrogens is 282 g/mol. The number of hydrogen-bond acceptors (Lipinski definition) is 4. The molecule has 2 rings (SSSR count). The van der Waals surface area contributed by atoms with E-state index in [0.717, 1.165) is 6.42 Å². The summed E-state index contributed by atoms with van der Waals surface area (Å²) >= 11 is 0. The molecule has 0 spiro atoms. The molecule has 1 heterocycles. The molecule has 0 aliphatic rings. The number of hydrogen-bond donors (Lipinski definition) is 3. The maximum absolute atomic E-state index is 11.9. The van der Waals surface area contributed by atoms with Gasteiger partial charge in [0.25, 0.3) is 11.1 Å². The lowest BCUT2D eigenvalue weighted by Gasteiger charge is -2.09. The van der Waals surface area contributed by atoms with Gasteiger partial charge in [-0.25, -0.2) is 8.42 Å². The number of sulfonamides is 1. The van der Waals surface area contributed by atoms with Gasteiger partial charge in [0.15, 0.2) is 0 Å². The van der Waals surface area contributed by atoms with Gasteiger partial charge in [-0.2, -0.15) is 0 Å². The monoisotopic (exact) mass is 297 g/mol. The molecule has 0 atom stereocenters. The molecular formula is C12H15N3O4S. The molecule has 20 heavy (non-hydrogen) atoms. The molecule has 108 valence electrons. The smallest absolute Gasteiger partial charge is 0.272 e. The van der Waals surface area contributed by atoms with E-state index in [4.69, 9.17) is 0 Å². The third-order valence-corrected chi connectivity index (χ3v) is 4.21. The zero-order valence-corrected chi connectivity index (χ0v) is 11.7. The van der Waals surface area contributed by atoms with Gasteiger partial charge >= 0.3 is 0 Å². The van der Waals surface area contributed by atoms with Crippen molar-refractivity contribution in [2.75, 3.05) is 10.5 Å². The molecule has 1 aromatic heterocycles. The van der Waals surface area contributed by atoms with Crippen LogP contribution in [0.5, 0.6) is 0 Å². The number of fused-ring (bicyclic) bond motifs is 1. The van der Waals surface area contributed by atoms with E-state index in [1.807, 2.05) is 6.92 Å². The van der Waals surface area contributed by atoms with Gasteiger partial charge in [0.1, 0.15) is 0 Å². The van der Waals surface area contributed by atoms with Crippen LogP contribution >= 0.6 is 0 Å². The molecule has 3 N–H and O–H groups in total. The second-order valence-corrected chi connectivity index (χ2v) is 6.25. The summed E-state index contributed by atoms with van der Waals surface area (Å²) in [4.78, 5) is 23.4. The van der Waals surface area contributed by atoms with Crippen LogP contribution < -0.4 is 15.8 Å². The highest BCUT2D eigenvalue weighted by atomic mass is 32.2. The summed E-state index contributed by atoms with van der Waals surface area (Å²) in [6.45, 7) is 1.89. The third-order valence-electron chi connectivity index (χ3n) is 2.86. The number of aromatic nitrogens is 2. The van der Waals surface area contributed by atoms with Crippen LogP contribution in [0.4, 0.5) is 5.69 Å². The fourth-order valence-corrected chi connectivity index (χ4v) is 3.14. The second-order valence-electron chi connectivity index (χ2n) is 4.41. The Hall–Kier alpha value is -2.09. The van der Waals surface area contributed by atoms with Crippen molar-refractivity contribution < 1.29 is 8.42 Å². The molecule has 0 aliphatic carbocycles. The first-order valence-corrected chi connectivity index (χ1v) is 7.84. The summed E-state index contributed by atoms with van der Waals surface area (Å²) in [5.74, 6) is -0.0268. The van der Waals surface area contributed by atoms with Crippen LogP contribution in [0.15, 0.2) is 27.8 Å². The molecule has 0 aliphatic heterocycles. The number of benzene rings is 1. The van der Waals surface area contributed by atoms with Gasteiger partial charge in [-0.05, 0) is 18.6 Å². The van der Waals surface area contributed by atoms with E-state index in [-0.39, 0.29) is 22.2 Å². The Morgan fingerprint density at radius 2 is 1.85 bits per heavy atom. The molecule has 0 saturated carbocycles. The molecule has 7 nitrogen and oxygen atoms in total. The first-order chi connectivity index (χ1) is 9.44. The zero-order chi connectivity index (χ0) is 14.8. The number of rotatable bonds is 5. The Labute approximate surface area is 115 Å². The number of aromatic amines is 2. The summed E-state index contributed by atoms with van der Waals surface area (Å²) in [6, 6.07) is 4.45. The number of anilines is 1. The van der Waals surface area contributed by atoms with Crippen molar-refractivity contribution in [3.63, 3.8) is 0 Å². The van der Waals surface area contributed by atoms with Crippen molar-refractivity contribution in [2.45, 2.75) is 19.8 Å². The quantitative estimate of drug-likeness (QED) is 0.756. The van der Waals surface area contributed by atoms with Crippen LogP contribution in [0.25, 0.3) is 10.8 Å². The molecule has 2 aromatic rings. The standard InChI is InChI=1S/C12H15N3O4S/c1-2-3-7-20(18,19)15-9-6-4-5-8-10(9)12(17)14-13-11(8)16/h4-6,15H,2-3,7H2,1H3,(H,13,16)(H,14,17). The fraction of sp³-hybridized carbons (Fsp3) is 0.333. The van der Waals surface area contributed by atoms with Crippen molar-refractivity contribution >= 4 is 26.5 Å². The normalized spacial score (nSPS) is 11.7. The minimum absolute atomic E-state index is 0.0268. The van der Waals surface area contributed by atoms with Crippen molar-refractivity contribution in [3.8, 4) is 0 Å². The van der Waals surface area contributed by atoms with Crippen molar-refractivity contribution in [3.05, 3.63) is 38.9 Å². The average Bonchev–Trinajstić information content (AvgIpc) is 2.40. The average molecular weight is 297 g/mol. The number of unbranched alkanes of at least 4 members (excludes halogenated alkanes) is 1. The topological polar surface area (TPSA) is 112 Å². The van der Waals surface area contributed by atoms with Gasteiger partial charge in [0.2, 0.25) is 10.0 Å². The largest absolute Gasteiger partial charge is 0.283 e. The van der Waals surface area contributed by atoms with Crippen molar-refractivity contribution in [1.29, 1.82) is 0 Å². The van der Waals surface area contributed by atoms with Gasteiger partial charge in [-0.1, -0.05) is 19.4 Å². The highest BCUT2D eigenvalue weighted by Gasteiger charge is 2.14. The van der Waals surface area contributed by atoms with Crippen LogP contribution in [0.1, 0.15) is 19.8 Å². The molecule has 1 aromatic carbocycles. The molecule has 0 radical (unpaired) electrons. The molecule has 0 unspecified atom stereocenters. The maximum atomic E-state index is 11.9. The van der Waals surface area contributed by atoms with E-state index >= 15 is 0 Å². The predicted octanol–water partition coefficient (Wildman–Crippen LogP) is 0.758. The lowest BCUT2D eigenvalue weighted by atomic mass is 10.2. The van der Waals surface area contributed by atoms with E-state index in [2.05, 4.69) is 14.9 Å². The van der Waals surface area contributed by atoms with Crippen LogP contribution in [0.2, 0.25) is 0 Å². The fourth-order valence-electron chi connectivity index (χ4n) is 1.87. The van der Waals surface area contributed by atoms with Crippen molar-refractivity contribution in [1.82, 2.24) is 10.2 Å². The summed E-state index contributed by atoms with van der Waals surface area (Å²) in [6.07, 6.45) is 1.27. The van der Waals surface area contributed by atoms with E-state index < -0.39 is 21.1 Å². The van der Waals surface area contributed by atoms with Gasteiger partial charge in [0, 0.05) is 0 Å². The zero-order valence-electron chi connectivity index (χ0n) is 10.9. The Bertz CT molecular complexity index is 836. The van der Waals surface area contributed by atoms with E-state index in [9.17, 15) is 18.0 Å². The van der Waals surface area contributed by atoms with Gasteiger partial charge in [0.05, 0.1) is 22.2 Å². The van der Waals surface area contributed by atoms with Gasteiger partial charge in [-0.3, -0.25) is 24.5 Å². The summed E-state index contributed by atoms with van der Waals surface area (Å²) in [5, 5.41) is 4.56. The summed E-state index contributed by atoms with van der Waals surface area (Å²) in [7, 11) is -3.53. The SMILES string of the molecule is CCCCS(=O)(=O)Nc1cccc2c(=O)[nH][nH]c(=O)c12. The Morgan fingerprint density at radius 1 is 1.15 bits per heavy atom. The Kier molecular flexibility index (Phi) is 3.93. The first-order valence-electron chi connectivity index (χ1n) is 6.19. The Balaban J connectivity index is 2.54. The molecule has 0 bridgehead atoms. The highest BCUT2D eigenvalue weighted by molar-refractivity contribution is 7.92. The van der Waals surface area contributed by atoms with E-state index in [1.54, 1.807) is 0 Å². The van der Waals surface area contributed by atoms with Crippen LogP contribution in [0, 0.1) is 0 Å². The molecule has 0 fully saturated rings. The maximum Gasteiger partial charge on any atom is 0.272 e. The number of H-pyrrole nitrogens is 2. The molecule has 8 heteroatoms. The minimum atomic E-state index is -3.53. The minimum Gasteiger partial charge on any atom is -0.283 e.